The van der Waals surface area contributed by atoms with Crippen LogP contribution in [0.3, 0.4) is 0 Å². The van der Waals surface area contributed by atoms with Crippen molar-refractivity contribution in [3.05, 3.63) is 48.0 Å². The van der Waals surface area contributed by atoms with Crippen LogP contribution in [0.5, 0.6) is 5.75 Å². The van der Waals surface area contributed by atoms with Gasteiger partial charge in [0.2, 0.25) is 15.9 Å². The highest BCUT2D eigenvalue weighted by Crippen LogP contribution is 2.29. The number of para-hydroxylation sites is 1. The van der Waals surface area contributed by atoms with E-state index in [1.54, 1.807) is 25.1 Å². The summed E-state index contributed by atoms with van der Waals surface area (Å²) in [6.45, 7) is 3.94. The molecule has 0 bridgehead atoms. The van der Waals surface area contributed by atoms with E-state index in [1.165, 1.54) is 11.3 Å². The van der Waals surface area contributed by atoms with Gasteiger partial charge in [-0.15, -0.1) is 0 Å². The molecule has 0 aliphatic carbocycles. The molecule has 0 fully saturated rings. The molecule has 3 aromatic rings. The Morgan fingerprint density at radius 1 is 1.25 bits per heavy atom. The number of aryl methyl sites for hydroxylation is 1. The Bertz CT molecular complexity index is 1110. The van der Waals surface area contributed by atoms with Crippen LogP contribution in [0.4, 0.5) is 10.8 Å². The zero-order valence-corrected chi connectivity index (χ0v) is 17.4. The molecule has 0 spiro atoms. The maximum Gasteiger partial charge on any atom is 0.246 e. The van der Waals surface area contributed by atoms with E-state index in [0.29, 0.717) is 17.4 Å². The molecule has 3 rings (SSSR count). The molecular weight excluding hydrogens is 398 g/mol. The van der Waals surface area contributed by atoms with Crippen LogP contribution in [0.2, 0.25) is 0 Å². The van der Waals surface area contributed by atoms with Gasteiger partial charge in [0.15, 0.2) is 5.13 Å². The average Bonchev–Trinajstić information content (AvgIpc) is 3.01. The average molecular weight is 420 g/mol. The van der Waals surface area contributed by atoms with Crippen LogP contribution in [0.15, 0.2) is 42.5 Å². The molecule has 0 radical (unpaired) electrons. The highest BCUT2D eigenvalue weighted by molar-refractivity contribution is 7.92. The number of nitrogens with one attached hydrogen (secondary N) is 1. The summed E-state index contributed by atoms with van der Waals surface area (Å²) in [5, 5.41) is 3.11. The van der Waals surface area contributed by atoms with E-state index < -0.39 is 15.9 Å². The first-order valence-corrected chi connectivity index (χ1v) is 11.3. The number of amides is 1. The maximum atomic E-state index is 12.5. The monoisotopic (exact) mass is 419 g/mol. The number of nitrogens with zero attached hydrogens (tertiary/aromatic N) is 2. The lowest BCUT2D eigenvalue weighted by Crippen LogP contribution is -2.37. The molecule has 0 aliphatic heterocycles. The molecule has 1 aromatic heterocycles. The number of carbonyl (C=O) groups is 1. The lowest BCUT2D eigenvalue weighted by atomic mass is 10.2. The molecule has 1 heterocycles. The summed E-state index contributed by atoms with van der Waals surface area (Å²) in [5.41, 5.74) is 1.98. The number of benzene rings is 2. The van der Waals surface area contributed by atoms with Gasteiger partial charge in [-0.1, -0.05) is 29.5 Å². The van der Waals surface area contributed by atoms with Gasteiger partial charge >= 0.3 is 0 Å². The maximum absolute atomic E-state index is 12.5. The number of rotatable bonds is 7. The molecular formula is C19H21N3O4S2. The molecule has 2 aromatic carbocycles. The van der Waals surface area contributed by atoms with Crippen molar-refractivity contribution in [3.8, 4) is 5.75 Å². The largest absolute Gasteiger partial charge is 0.494 e. The number of ether oxygens (including phenoxy) is 1. The van der Waals surface area contributed by atoms with E-state index in [0.717, 1.165) is 32.1 Å². The smallest absolute Gasteiger partial charge is 0.246 e. The number of hydrogen-bond acceptors (Lipinski definition) is 6. The van der Waals surface area contributed by atoms with Crippen molar-refractivity contribution in [1.82, 2.24) is 4.98 Å². The first-order valence-electron chi connectivity index (χ1n) is 8.64. The summed E-state index contributed by atoms with van der Waals surface area (Å²) in [6.07, 6.45) is 1.08. The Morgan fingerprint density at radius 3 is 2.68 bits per heavy atom. The third-order valence-corrected chi connectivity index (χ3v) is 6.05. The number of hydrogen-bond donors (Lipinski definition) is 1. The molecule has 0 atom stereocenters. The van der Waals surface area contributed by atoms with Crippen LogP contribution < -0.4 is 14.4 Å². The van der Waals surface area contributed by atoms with Crippen molar-refractivity contribution in [2.24, 2.45) is 0 Å². The number of anilines is 2. The predicted octanol–water partition coefficient (Wildman–Crippen LogP) is 3.41. The van der Waals surface area contributed by atoms with Crippen LogP contribution in [0.1, 0.15) is 12.5 Å². The Kier molecular flexibility index (Phi) is 5.85. The van der Waals surface area contributed by atoms with E-state index in [9.17, 15) is 13.2 Å². The van der Waals surface area contributed by atoms with Crippen LogP contribution in [0, 0.1) is 6.92 Å². The number of sulfonamides is 1. The molecule has 1 N–H and O–H groups in total. The van der Waals surface area contributed by atoms with Crippen molar-refractivity contribution < 1.29 is 17.9 Å². The number of aromatic nitrogens is 1. The highest BCUT2D eigenvalue weighted by Gasteiger charge is 2.22. The second-order valence-corrected chi connectivity index (χ2v) is 9.12. The predicted molar refractivity (Wildman–Crippen MR) is 113 cm³/mol. The molecule has 0 aliphatic rings. The minimum Gasteiger partial charge on any atom is -0.494 e. The number of carbonyl (C=O) groups excluding carboxylic acids is 1. The van der Waals surface area contributed by atoms with Gasteiger partial charge in [0.1, 0.15) is 12.3 Å². The van der Waals surface area contributed by atoms with Crippen molar-refractivity contribution in [1.29, 1.82) is 0 Å². The molecule has 28 heavy (non-hydrogen) atoms. The van der Waals surface area contributed by atoms with Crippen LogP contribution in [0.25, 0.3) is 10.2 Å². The quantitative estimate of drug-likeness (QED) is 0.634. The third-order valence-electron chi connectivity index (χ3n) is 3.99. The van der Waals surface area contributed by atoms with Gasteiger partial charge < -0.3 is 10.1 Å². The summed E-state index contributed by atoms with van der Waals surface area (Å²) in [6, 6.07) is 12.5. The third kappa shape index (κ3) is 4.60. The Hall–Kier alpha value is -2.65. The Morgan fingerprint density at radius 2 is 2.00 bits per heavy atom. The fraction of sp³-hybridized carbons (Fsp3) is 0.263. The lowest BCUT2D eigenvalue weighted by Gasteiger charge is -2.23. The van der Waals surface area contributed by atoms with Crippen molar-refractivity contribution in [2.75, 3.05) is 29.0 Å². The van der Waals surface area contributed by atoms with Gasteiger partial charge in [-0.2, -0.15) is 0 Å². The molecule has 148 valence electrons. The topological polar surface area (TPSA) is 88.6 Å². The van der Waals surface area contributed by atoms with E-state index in [-0.39, 0.29) is 6.54 Å². The van der Waals surface area contributed by atoms with Crippen LogP contribution in [-0.4, -0.2) is 38.7 Å². The second-order valence-electron chi connectivity index (χ2n) is 6.19. The van der Waals surface area contributed by atoms with Crippen LogP contribution in [-0.2, 0) is 14.8 Å². The molecule has 0 saturated heterocycles. The molecule has 0 saturated carbocycles. The van der Waals surface area contributed by atoms with E-state index in [1.807, 2.05) is 31.2 Å². The van der Waals surface area contributed by atoms with E-state index >= 15 is 0 Å². The Labute approximate surface area is 168 Å². The van der Waals surface area contributed by atoms with Crippen LogP contribution >= 0.6 is 11.3 Å². The standard InChI is InChI=1S/C19H21N3O4S2/c1-4-26-14-9-10-15-17(11-14)27-19(20-15)21-18(23)12-22(28(3,24)25)16-8-6-5-7-13(16)2/h5-11H,4,12H2,1-3H3,(H,20,21,23). The summed E-state index contributed by atoms with van der Waals surface area (Å²) in [7, 11) is -3.63. The van der Waals surface area contributed by atoms with Crippen molar-refractivity contribution >= 4 is 48.3 Å². The number of thiazole rings is 1. The molecule has 7 nitrogen and oxygen atoms in total. The second kappa shape index (κ2) is 8.15. The van der Waals surface area contributed by atoms with Gasteiger partial charge in [-0.3, -0.25) is 9.10 Å². The summed E-state index contributed by atoms with van der Waals surface area (Å²) >= 11 is 1.31. The van der Waals surface area contributed by atoms with Crippen molar-refractivity contribution in [2.45, 2.75) is 13.8 Å². The van der Waals surface area contributed by atoms with Crippen molar-refractivity contribution in [3.63, 3.8) is 0 Å². The Balaban J connectivity index is 1.80. The first kappa shape index (κ1) is 20.1. The van der Waals surface area contributed by atoms with Gasteiger partial charge in [-0.25, -0.2) is 13.4 Å². The number of fused-ring (bicyclic) bond motifs is 1. The highest BCUT2D eigenvalue weighted by atomic mass is 32.2. The minimum absolute atomic E-state index is 0.330. The minimum atomic E-state index is -3.63. The summed E-state index contributed by atoms with van der Waals surface area (Å²) in [5.74, 6) is 0.275. The molecule has 0 unspecified atom stereocenters. The SMILES string of the molecule is CCOc1ccc2nc(NC(=O)CN(c3ccccc3C)S(C)(=O)=O)sc2c1. The fourth-order valence-corrected chi connectivity index (χ4v) is 4.55. The van der Waals surface area contributed by atoms with Gasteiger partial charge in [0.05, 0.1) is 28.8 Å². The fourth-order valence-electron chi connectivity index (χ4n) is 2.73. The van der Waals surface area contributed by atoms with E-state index in [4.69, 9.17) is 4.74 Å². The van der Waals surface area contributed by atoms with Gasteiger partial charge in [0, 0.05) is 0 Å². The molecule has 9 heteroatoms. The zero-order valence-electron chi connectivity index (χ0n) is 15.8. The normalized spacial score (nSPS) is 11.4. The lowest BCUT2D eigenvalue weighted by molar-refractivity contribution is -0.114. The van der Waals surface area contributed by atoms with Gasteiger partial charge in [0.25, 0.3) is 0 Å². The summed E-state index contributed by atoms with van der Waals surface area (Å²) in [4.78, 5) is 16.9. The van der Waals surface area contributed by atoms with Gasteiger partial charge in [-0.05, 0) is 43.7 Å². The first-order chi connectivity index (χ1) is 13.3. The molecule has 1 amide bonds. The summed E-state index contributed by atoms with van der Waals surface area (Å²) < 4.78 is 31.9. The zero-order chi connectivity index (χ0) is 20.3. The van der Waals surface area contributed by atoms with E-state index in [2.05, 4.69) is 10.3 Å².